The number of imidazole rings is 1. The van der Waals surface area contributed by atoms with E-state index in [2.05, 4.69) is 22.9 Å². The lowest BCUT2D eigenvalue weighted by Crippen LogP contribution is -2.04. The van der Waals surface area contributed by atoms with Crippen molar-refractivity contribution in [2.75, 3.05) is 0 Å². The van der Waals surface area contributed by atoms with Crippen molar-refractivity contribution in [3.63, 3.8) is 0 Å². The smallest absolute Gasteiger partial charge is 0.194 e. The number of hydrogen-bond acceptors (Lipinski definition) is 2. The average molecular weight is 220 g/mol. The van der Waals surface area contributed by atoms with Gasteiger partial charge in [-0.1, -0.05) is 19.3 Å². The molecule has 0 N–H and O–H groups in total. The second kappa shape index (κ2) is 3.63. The molecule has 3 rings (SSSR count). The number of hydrogen-bond donors (Lipinski definition) is 0. The maximum atomic E-state index is 4.74. The van der Waals surface area contributed by atoms with E-state index in [1.807, 2.05) is 0 Å². The maximum absolute atomic E-state index is 4.74. The van der Waals surface area contributed by atoms with Gasteiger partial charge in [-0.15, -0.1) is 11.3 Å². The summed E-state index contributed by atoms with van der Waals surface area (Å²) in [5, 5.41) is 2.17. The van der Waals surface area contributed by atoms with Crippen LogP contribution in [0.25, 0.3) is 4.96 Å². The van der Waals surface area contributed by atoms with Gasteiger partial charge >= 0.3 is 0 Å². The number of thiazole rings is 1. The number of rotatable bonds is 1. The van der Waals surface area contributed by atoms with Crippen molar-refractivity contribution in [1.82, 2.24) is 9.38 Å². The number of nitrogens with zero attached hydrogens (tertiary/aromatic N) is 2. The van der Waals surface area contributed by atoms with Crippen molar-refractivity contribution in [3.05, 3.63) is 23.0 Å². The molecule has 2 heterocycles. The van der Waals surface area contributed by atoms with Gasteiger partial charge < -0.3 is 0 Å². The van der Waals surface area contributed by atoms with Crippen LogP contribution < -0.4 is 0 Å². The summed E-state index contributed by atoms with van der Waals surface area (Å²) in [7, 11) is 0. The highest BCUT2D eigenvalue weighted by molar-refractivity contribution is 7.15. The molecule has 1 aliphatic rings. The molecular weight excluding hydrogens is 204 g/mol. The third-order valence-corrected chi connectivity index (χ3v) is 4.39. The Balaban J connectivity index is 1.96. The molecule has 3 heteroatoms. The van der Waals surface area contributed by atoms with Crippen LogP contribution in [0.3, 0.4) is 0 Å². The molecule has 80 valence electrons. The molecule has 1 fully saturated rings. The predicted molar refractivity (Wildman–Crippen MR) is 63.6 cm³/mol. The van der Waals surface area contributed by atoms with Gasteiger partial charge in [-0.3, -0.25) is 4.40 Å². The Kier molecular flexibility index (Phi) is 2.28. The minimum atomic E-state index is 0.727. The van der Waals surface area contributed by atoms with Crippen LogP contribution in [0.5, 0.6) is 0 Å². The first-order valence-electron chi connectivity index (χ1n) is 5.77. The van der Waals surface area contributed by atoms with Crippen molar-refractivity contribution in [2.24, 2.45) is 0 Å². The Bertz CT molecular complexity index is 463. The number of fused-ring (bicyclic) bond motifs is 1. The molecular formula is C12H16N2S. The fourth-order valence-corrected chi connectivity index (χ4v) is 3.36. The van der Waals surface area contributed by atoms with Gasteiger partial charge in [0, 0.05) is 23.2 Å². The monoisotopic (exact) mass is 220 g/mol. The zero-order valence-corrected chi connectivity index (χ0v) is 9.89. The highest BCUT2D eigenvalue weighted by atomic mass is 32.1. The van der Waals surface area contributed by atoms with Crippen molar-refractivity contribution < 1.29 is 0 Å². The molecule has 1 saturated carbocycles. The Morgan fingerprint density at radius 1 is 1.33 bits per heavy atom. The van der Waals surface area contributed by atoms with Crippen molar-refractivity contribution in [2.45, 2.75) is 44.9 Å². The Labute approximate surface area is 94.0 Å². The summed E-state index contributed by atoms with van der Waals surface area (Å²) in [6.07, 6.45) is 9.10. The first-order valence-corrected chi connectivity index (χ1v) is 6.65. The van der Waals surface area contributed by atoms with E-state index >= 15 is 0 Å². The fourth-order valence-electron chi connectivity index (χ4n) is 2.51. The van der Waals surface area contributed by atoms with Gasteiger partial charge in [-0.25, -0.2) is 4.98 Å². The normalized spacial score (nSPS) is 18.7. The van der Waals surface area contributed by atoms with Crippen LogP contribution in [0.4, 0.5) is 0 Å². The SMILES string of the molecule is Cc1csc2nc(C3CCCCC3)cn12. The molecule has 2 aromatic rings. The summed E-state index contributed by atoms with van der Waals surface area (Å²) in [5.41, 5.74) is 2.63. The van der Waals surface area contributed by atoms with Crippen LogP contribution in [-0.2, 0) is 0 Å². The van der Waals surface area contributed by atoms with Crippen LogP contribution >= 0.6 is 11.3 Å². The molecule has 0 aromatic carbocycles. The summed E-state index contributed by atoms with van der Waals surface area (Å²) in [6, 6.07) is 0. The van der Waals surface area contributed by atoms with Gasteiger partial charge in [0.15, 0.2) is 4.96 Å². The van der Waals surface area contributed by atoms with Gasteiger partial charge in [-0.05, 0) is 19.8 Å². The van der Waals surface area contributed by atoms with Crippen molar-refractivity contribution in [3.8, 4) is 0 Å². The second-order valence-corrected chi connectivity index (χ2v) is 5.37. The molecule has 0 radical (unpaired) electrons. The van der Waals surface area contributed by atoms with Crippen LogP contribution in [-0.4, -0.2) is 9.38 Å². The van der Waals surface area contributed by atoms with E-state index < -0.39 is 0 Å². The molecule has 2 aromatic heterocycles. The van der Waals surface area contributed by atoms with E-state index in [-0.39, 0.29) is 0 Å². The summed E-state index contributed by atoms with van der Waals surface area (Å²) < 4.78 is 2.23. The minimum absolute atomic E-state index is 0.727. The van der Waals surface area contributed by atoms with Crippen molar-refractivity contribution >= 4 is 16.3 Å². The molecule has 15 heavy (non-hydrogen) atoms. The molecule has 2 nitrogen and oxygen atoms in total. The molecule has 0 atom stereocenters. The van der Waals surface area contributed by atoms with Gasteiger partial charge in [0.1, 0.15) is 0 Å². The minimum Gasteiger partial charge on any atom is -0.295 e. The summed E-state index contributed by atoms with van der Waals surface area (Å²) >= 11 is 1.75. The van der Waals surface area contributed by atoms with Gasteiger partial charge in [0.2, 0.25) is 0 Å². The molecule has 0 saturated heterocycles. The first kappa shape index (κ1) is 9.40. The Morgan fingerprint density at radius 2 is 2.13 bits per heavy atom. The van der Waals surface area contributed by atoms with Crippen LogP contribution in [0, 0.1) is 6.92 Å². The van der Waals surface area contributed by atoms with Gasteiger partial charge in [0.05, 0.1) is 5.69 Å². The lowest BCUT2D eigenvalue weighted by atomic mass is 9.87. The fraction of sp³-hybridized carbons (Fsp3) is 0.583. The molecule has 0 unspecified atom stereocenters. The molecule has 0 spiro atoms. The predicted octanol–water partition coefficient (Wildman–Crippen LogP) is 3.75. The summed E-state index contributed by atoms with van der Waals surface area (Å²) in [4.78, 5) is 5.90. The van der Waals surface area contributed by atoms with Gasteiger partial charge in [-0.2, -0.15) is 0 Å². The average Bonchev–Trinajstić information content (AvgIpc) is 2.83. The summed E-state index contributed by atoms with van der Waals surface area (Å²) in [6.45, 7) is 2.15. The third-order valence-electron chi connectivity index (χ3n) is 3.43. The zero-order chi connectivity index (χ0) is 10.3. The Hall–Kier alpha value is -0.830. The largest absolute Gasteiger partial charge is 0.295 e. The van der Waals surface area contributed by atoms with Gasteiger partial charge in [0.25, 0.3) is 0 Å². The van der Waals surface area contributed by atoms with E-state index in [1.54, 1.807) is 11.3 Å². The lowest BCUT2D eigenvalue weighted by Gasteiger charge is -2.19. The van der Waals surface area contributed by atoms with Crippen LogP contribution in [0.1, 0.15) is 49.4 Å². The van der Waals surface area contributed by atoms with Crippen LogP contribution in [0.2, 0.25) is 0 Å². The van der Waals surface area contributed by atoms with Crippen LogP contribution in [0.15, 0.2) is 11.6 Å². The quantitative estimate of drug-likeness (QED) is 0.715. The third kappa shape index (κ3) is 1.59. The van der Waals surface area contributed by atoms with E-state index in [1.165, 1.54) is 43.5 Å². The molecule has 0 amide bonds. The lowest BCUT2D eigenvalue weighted by molar-refractivity contribution is 0.438. The Morgan fingerprint density at radius 3 is 2.87 bits per heavy atom. The second-order valence-electron chi connectivity index (χ2n) is 4.53. The number of aromatic nitrogens is 2. The molecule has 0 aliphatic heterocycles. The highest BCUT2D eigenvalue weighted by Crippen LogP contribution is 2.32. The number of aryl methyl sites for hydroxylation is 1. The highest BCUT2D eigenvalue weighted by Gasteiger charge is 2.18. The van der Waals surface area contributed by atoms with Crippen molar-refractivity contribution in [1.29, 1.82) is 0 Å². The standard InChI is InChI=1S/C12H16N2S/c1-9-8-15-12-13-11(7-14(9)12)10-5-3-2-4-6-10/h7-8,10H,2-6H2,1H3. The van der Waals surface area contributed by atoms with E-state index in [0.29, 0.717) is 0 Å². The maximum Gasteiger partial charge on any atom is 0.194 e. The molecule has 0 bridgehead atoms. The topological polar surface area (TPSA) is 17.3 Å². The van der Waals surface area contributed by atoms with E-state index in [0.717, 1.165) is 10.9 Å². The van der Waals surface area contributed by atoms with E-state index in [9.17, 15) is 0 Å². The molecule has 1 aliphatic carbocycles. The zero-order valence-electron chi connectivity index (χ0n) is 9.07. The summed E-state index contributed by atoms with van der Waals surface area (Å²) in [5.74, 6) is 0.727. The van der Waals surface area contributed by atoms with E-state index in [4.69, 9.17) is 4.98 Å². The first-order chi connectivity index (χ1) is 7.34.